The second-order valence-corrected chi connectivity index (χ2v) is 7.43. The number of nitrogens with zero attached hydrogens (tertiary/aromatic N) is 1. The number of benzene rings is 2. The number of sulfonamides is 1. The van der Waals surface area contributed by atoms with Crippen molar-refractivity contribution in [3.8, 4) is 5.75 Å². The van der Waals surface area contributed by atoms with Crippen molar-refractivity contribution in [3.05, 3.63) is 59.7 Å². The van der Waals surface area contributed by atoms with Gasteiger partial charge in [-0.1, -0.05) is 24.3 Å². The molecule has 0 amide bonds. The second-order valence-electron chi connectivity index (χ2n) is 5.87. The van der Waals surface area contributed by atoms with Crippen molar-refractivity contribution in [2.24, 2.45) is 5.14 Å². The summed E-state index contributed by atoms with van der Waals surface area (Å²) in [5.74, 6) is 0.847. The van der Waals surface area contributed by atoms with Crippen LogP contribution in [0.15, 0.2) is 53.4 Å². The molecular formula is C18H24N2O3S. The summed E-state index contributed by atoms with van der Waals surface area (Å²) >= 11 is 0. The van der Waals surface area contributed by atoms with Gasteiger partial charge >= 0.3 is 0 Å². The van der Waals surface area contributed by atoms with Gasteiger partial charge in [-0.3, -0.25) is 4.90 Å². The molecule has 0 bridgehead atoms. The molecule has 2 aromatic rings. The lowest BCUT2D eigenvalue weighted by atomic mass is 10.1. The summed E-state index contributed by atoms with van der Waals surface area (Å²) in [6.45, 7) is 2.91. The van der Waals surface area contributed by atoms with Crippen molar-refractivity contribution in [3.63, 3.8) is 0 Å². The van der Waals surface area contributed by atoms with Crippen LogP contribution in [-0.4, -0.2) is 34.0 Å². The topological polar surface area (TPSA) is 72.6 Å². The predicted molar refractivity (Wildman–Crippen MR) is 95.6 cm³/mol. The fourth-order valence-corrected chi connectivity index (χ4v) is 3.07. The van der Waals surface area contributed by atoms with Gasteiger partial charge in [0, 0.05) is 12.6 Å². The van der Waals surface area contributed by atoms with Gasteiger partial charge in [0.15, 0.2) is 0 Å². The zero-order valence-electron chi connectivity index (χ0n) is 14.3. The minimum absolute atomic E-state index is 0.0879. The third kappa shape index (κ3) is 4.80. The third-order valence-electron chi connectivity index (χ3n) is 4.24. The van der Waals surface area contributed by atoms with Gasteiger partial charge in [0.25, 0.3) is 0 Å². The van der Waals surface area contributed by atoms with E-state index >= 15 is 0 Å². The van der Waals surface area contributed by atoms with Crippen LogP contribution < -0.4 is 9.88 Å². The minimum Gasteiger partial charge on any atom is -0.497 e. The Morgan fingerprint density at radius 3 is 2.42 bits per heavy atom. The van der Waals surface area contributed by atoms with Crippen LogP contribution in [0.5, 0.6) is 5.75 Å². The van der Waals surface area contributed by atoms with E-state index in [9.17, 15) is 8.42 Å². The van der Waals surface area contributed by atoms with Crippen LogP contribution in [0.25, 0.3) is 0 Å². The number of nitrogens with two attached hydrogens (primary N) is 1. The predicted octanol–water partition coefficient (Wildman–Crippen LogP) is 2.58. The van der Waals surface area contributed by atoms with Crippen LogP contribution in [0.3, 0.4) is 0 Å². The van der Waals surface area contributed by atoms with Crippen LogP contribution in [0.4, 0.5) is 0 Å². The van der Waals surface area contributed by atoms with Gasteiger partial charge in [-0.2, -0.15) is 0 Å². The molecule has 0 fully saturated rings. The van der Waals surface area contributed by atoms with E-state index in [2.05, 4.69) is 24.0 Å². The molecule has 130 valence electrons. The summed E-state index contributed by atoms with van der Waals surface area (Å²) in [7, 11) is 0.00168. The first-order valence-corrected chi connectivity index (χ1v) is 9.32. The number of hydrogen-bond acceptors (Lipinski definition) is 4. The molecule has 2 aromatic carbocycles. The molecule has 0 spiro atoms. The maximum atomic E-state index is 11.5. The molecule has 2 rings (SSSR count). The molecule has 1 atom stereocenters. The summed E-state index contributed by atoms with van der Waals surface area (Å²) in [4.78, 5) is 2.34. The number of ether oxygens (including phenoxy) is 1. The van der Waals surface area contributed by atoms with E-state index in [0.29, 0.717) is 0 Å². The SMILES string of the molecule is COc1ccc(CCN(C)C(C)c2cccc(S(N)(=O)=O)c2)cc1. The Hall–Kier alpha value is -1.89. The van der Waals surface area contributed by atoms with Gasteiger partial charge < -0.3 is 4.74 Å². The average molecular weight is 348 g/mol. The van der Waals surface area contributed by atoms with E-state index in [1.54, 1.807) is 19.2 Å². The Bertz CT molecular complexity index is 773. The van der Waals surface area contributed by atoms with Crippen LogP contribution in [0.1, 0.15) is 24.1 Å². The second kappa shape index (κ2) is 7.79. The maximum Gasteiger partial charge on any atom is 0.238 e. The lowest BCUT2D eigenvalue weighted by Gasteiger charge is -2.25. The molecule has 6 heteroatoms. The van der Waals surface area contributed by atoms with E-state index in [0.717, 1.165) is 24.3 Å². The van der Waals surface area contributed by atoms with Gasteiger partial charge in [-0.25, -0.2) is 13.6 Å². The van der Waals surface area contributed by atoms with Gasteiger partial charge in [-0.15, -0.1) is 0 Å². The van der Waals surface area contributed by atoms with E-state index in [4.69, 9.17) is 9.88 Å². The lowest BCUT2D eigenvalue weighted by molar-refractivity contribution is 0.264. The maximum absolute atomic E-state index is 11.5. The number of methoxy groups -OCH3 is 1. The Labute approximate surface area is 144 Å². The highest BCUT2D eigenvalue weighted by molar-refractivity contribution is 7.89. The molecule has 0 saturated carbocycles. The van der Waals surface area contributed by atoms with E-state index in [1.807, 2.05) is 25.2 Å². The fraction of sp³-hybridized carbons (Fsp3) is 0.333. The van der Waals surface area contributed by atoms with E-state index in [-0.39, 0.29) is 10.9 Å². The molecule has 0 radical (unpaired) electrons. The zero-order valence-corrected chi connectivity index (χ0v) is 15.1. The van der Waals surface area contributed by atoms with Crippen LogP contribution in [0, 0.1) is 0 Å². The van der Waals surface area contributed by atoms with Crippen LogP contribution >= 0.6 is 0 Å². The molecule has 2 N–H and O–H groups in total. The number of hydrogen-bond donors (Lipinski definition) is 1. The Balaban J connectivity index is 2.02. The molecule has 0 saturated heterocycles. The lowest BCUT2D eigenvalue weighted by Crippen LogP contribution is -2.25. The van der Waals surface area contributed by atoms with Gasteiger partial charge in [0.05, 0.1) is 12.0 Å². The normalized spacial score (nSPS) is 13.0. The van der Waals surface area contributed by atoms with Gasteiger partial charge in [-0.05, 0) is 55.8 Å². The summed E-state index contributed by atoms with van der Waals surface area (Å²) < 4.78 is 28.1. The number of rotatable bonds is 7. The molecule has 0 aliphatic carbocycles. The molecule has 0 heterocycles. The summed E-state index contributed by atoms with van der Waals surface area (Å²) in [6.07, 6.45) is 0.902. The smallest absolute Gasteiger partial charge is 0.238 e. The van der Waals surface area contributed by atoms with Gasteiger partial charge in [0.2, 0.25) is 10.0 Å². The quantitative estimate of drug-likeness (QED) is 0.835. The van der Waals surface area contributed by atoms with Crippen molar-refractivity contribution in [1.82, 2.24) is 4.90 Å². The van der Waals surface area contributed by atoms with E-state index < -0.39 is 10.0 Å². The molecule has 5 nitrogen and oxygen atoms in total. The van der Waals surface area contributed by atoms with Crippen molar-refractivity contribution >= 4 is 10.0 Å². The molecular weight excluding hydrogens is 324 g/mol. The van der Waals surface area contributed by atoms with Crippen LogP contribution in [0.2, 0.25) is 0 Å². The Kier molecular flexibility index (Phi) is 5.99. The first-order valence-electron chi connectivity index (χ1n) is 7.77. The standard InChI is InChI=1S/C18H24N2O3S/c1-14(16-5-4-6-18(13-16)24(19,21)22)20(2)12-11-15-7-9-17(23-3)10-8-15/h4-10,13-14H,11-12H2,1-3H3,(H2,19,21,22). The molecule has 24 heavy (non-hydrogen) atoms. The highest BCUT2D eigenvalue weighted by atomic mass is 32.2. The number of likely N-dealkylation sites (N-methyl/N-ethyl adjacent to an activating group) is 1. The minimum atomic E-state index is -3.68. The Morgan fingerprint density at radius 1 is 1.17 bits per heavy atom. The average Bonchev–Trinajstić information content (AvgIpc) is 2.58. The third-order valence-corrected chi connectivity index (χ3v) is 5.15. The highest BCUT2D eigenvalue weighted by Crippen LogP contribution is 2.22. The summed E-state index contributed by atoms with van der Waals surface area (Å²) in [6, 6.07) is 14.9. The zero-order chi connectivity index (χ0) is 17.7. The van der Waals surface area contributed by atoms with Crippen molar-refractivity contribution in [2.45, 2.75) is 24.3 Å². The monoisotopic (exact) mass is 348 g/mol. The summed E-state index contributed by atoms with van der Waals surface area (Å²) in [5, 5.41) is 5.21. The van der Waals surface area contributed by atoms with Gasteiger partial charge in [0.1, 0.15) is 5.75 Å². The molecule has 1 unspecified atom stereocenters. The molecule has 0 aromatic heterocycles. The first-order chi connectivity index (χ1) is 11.3. The fourth-order valence-electron chi connectivity index (χ4n) is 2.50. The van der Waals surface area contributed by atoms with Crippen LogP contribution in [-0.2, 0) is 16.4 Å². The first kappa shape index (κ1) is 18.4. The van der Waals surface area contributed by atoms with Crippen molar-refractivity contribution in [1.29, 1.82) is 0 Å². The largest absolute Gasteiger partial charge is 0.497 e. The van der Waals surface area contributed by atoms with Crippen molar-refractivity contribution < 1.29 is 13.2 Å². The van der Waals surface area contributed by atoms with Crippen molar-refractivity contribution in [2.75, 3.05) is 20.7 Å². The summed E-state index contributed by atoms with van der Waals surface area (Å²) in [5.41, 5.74) is 2.16. The number of primary sulfonamides is 1. The molecule has 0 aliphatic heterocycles. The molecule has 0 aliphatic rings. The highest BCUT2D eigenvalue weighted by Gasteiger charge is 2.15. The Morgan fingerprint density at radius 2 is 1.83 bits per heavy atom. The van der Waals surface area contributed by atoms with E-state index in [1.165, 1.54) is 11.6 Å².